The van der Waals surface area contributed by atoms with Gasteiger partial charge in [0.2, 0.25) is 0 Å². The van der Waals surface area contributed by atoms with Crippen LogP contribution in [0.25, 0.3) is 10.8 Å². The summed E-state index contributed by atoms with van der Waals surface area (Å²) in [5.41, 5.74) is 2.40. The molecule has 31 heavy (non-hydrogen) atoms. The molecule has 0 aromatic heterocycles. The second-order valence-corrected chi connectivity index (χ2v) is 7.64. The van der Waals surface area contributed by atoms with Gasteiger partial charge in [-0.1, -0.05) is 36.4 Å². The van der Waals surface area contributed by atoms with Crippen LogP contribution in [0.5, 0.6) is 5.75 Å². The number of nitriles is 1. The average molecular weight is 420 g/mol. The lowest BCUT2D eigenvalue weighted by Gasteiger charge is -2.35. The van der Waals surface area contributed by atoms with Crippen molar-refractivity contribution in [2.75, 3.05) is 39.9 Å². The smallest absolute Gasteiger partial charge is 0.142 e. The highest BCUT2D eigenvalue weighted by Crippen LogP contribution is 2.33. The average Bonchev–Trinajstić information content (AvgIpc) is 2.82. The first kappa shape index (κ1) is 21.3. The van der Waals surface area contributed by atoms with Gasteiger partial charge in [0.15, 0.2) is 0 Å². The van der Waals surface area contributed by atoms with Crippen LogP contribution < -0.4 is 10.1 Å². The van der Waals surface area contributed by atoms with Crippen molar-refractivity contribution in [1.29, 1.82) is 5.26 Å². The van der Waals surface area contributed by atoms with Gasteiger partial charge in [-0.2, -0.15) is 5.26 Å². The van der Waals surface area contributed by atoms with Gasteiger partial charge in [0.25, 0.3) is 0 Å². The van der Waals surface area contributed by atoms with E-state index in [4.69, 9.17) is 9.47 Å². The molecule has 1 unspecified atom stereocenters. The molecular weight excluding hydrogens is 393 g/mol. The topological polar surface area (TPSA) is 57.5 Å². The number of rotatable bonds is 7. The van der Waals surface area contributed by atoms with E-state index in [1.807, 2.05) is 42.5 Å². The Morgan fingerprint density at radius 2 is 1.87 bits per heavy atom. The van der Waals surface area contributed by atoms with E-state index in [2.05, 4.69) is 16.3 Å². The van der Waals surface area contributed by atoms with Gasteiger partial charge in [-0.05, 0) is 34.5 Å². The maximum Gasteiger partial charge on any atom is 0.142 e. The Bertz CT molecular complexity index is 1070. The van der Waals surface area contributed by atoms with E-state index in [1.165, 1.54) is 12.1 Å². The summed E-state index contributed by atoms with van der Waals surface area (Å²) in [5.74, 6) is 0.315. The minimum atomic E-state index is -0.242. The normalized spacial score (nSPS) is 15.5. The highest BCUT2D eigenvalue weighted by molar-refractivity contribution is 5.89. The molecule has 1 aliphatic heterocycles. The third-order valence-corrected chi connectivity index (χ3v) is 5.80. The van der Waals surface area contributed by atoms with Crippen molar-refractivity contribution in [2.45, 2.75) is 12.6 Å². The van der Waals surface area contributed by atoms with E-state index in [0.717, 1.165) is 48.1 Å². The summed E-state index contributed by atoms with van der Waals surface area (Å²) < 4.78 is 25.3. The molecule has 6 heteroatoms. The number of ether oxygens (including phenoxy) is 2. The van der Waals surface area contributed by atoms with Gasteiger partial charge < -0.3 is 14.8 Å². The van der Waals surface area contributed by atoms with E-state index in [1.54, 1.807) is 7.11 Å². The predicted molar refractivity (Wildman–Crippen MR) is 118 cm³/mol. The molecule has 3 aromatic rings. The van der Waals surface area contributed by atoms with Crippen LogP contribution in [-0.2, 0) is 11.3 Å². The molecule has 4 rings (SSSR count). The molecule has 1 aliphatic rings. The fourth-order valence-corrected chi connectivity index (χ4v) is 4.23. The summed E-state index contributed by atoms with van der Waals surface area (Å²) in [7, 11) is 1.58. The lowest BCUT2D eigenvalue weighted by atomic mass is 10.00. The minimum absolute atomic E-state index is 0.0270. The van der Waals surface area contributed by atoms with E-state index in [-0.39, 0.29) is 11.9 Å². The van der Waals surface area contributed by atoms with E-state index in [0.29, 0.717) is 24.5 Å². The summed E-state index contributed by atoms with van der Waals surface area (Å²) in [6, 6.07) is 18.7. The van der Waals surface area contributed by atoms with Gasteiger partial charge in [-0.15, -0.1) is 0 Å². The zero-order valence-corrected chi connectivity index (χ0v) is 17.6. The summed E-state index contributed by atoms with van der Waals surface area (Å²) in [6.45, 7) is 4.42. The number of benzene rings is 3. The molecule has 0 amide bonds. The first-order chi connectivity index (χ1) is 15.2. The Kier molecular flexibility index (Phi) is 6.78. The molecule has 1 fully saturated rings. The van der Waals surface area contributed by atoms with Gasteiger partial charge in [0, 0.05) is 31.7 Å². The number of nitrogens with one attached hydrogen (secondary N) is 1. The molecule has 1 atom stereocenters. The molecule has 160 valence electrons. The van der Waals surface area contributed by atoms with E-state index < -0.39 is 0 Å². The molecule has 1 N–H and O–H groups in total. The van der Waals surface area contributed by atoms with Gasteiger partial charge >= 0.3 is 0 Å². The Balaban J connectivity index is 1.59. The Labute approximate surface area is 182 Å². The fourth-order valence-electron chi connectivity index (χ4n) is 4.23. The van der Waals surface area contributed by atoms with Crippen LogP contribution in [0.1, 0.15) is 22.7 Å². The molecule has 0 radical (unpaired) electrons. The first-order valence-electron chi connectivity index (χ1n) is 10.5. The molecule has 0 saturated carbocycles. The van der Waals surface area contributed by atoms with Crippen molar-refractivity contribution in [1.82, 2.24) is 10.2 Å². The quantitative estimate of drug-likeness (QED) is 0.627. The van der Waals surface area contributed by atoms with Crippen LogP contribution in [0.2, 0.25) is 0 Å². The minimum Gasteiger partial charge on any atom is -0.495 e. The number of hydrogen-bond acceptors (Lipinski definition) is 5. The van der Waals surface area contributed by atoms with Crippen molar-refractivity contribution in [2.24, 2.45) is 0 Å². The second kappa shape index (κ2) is 9.88. The Morgan fingerprint density at radius 3 is 2.58 bits per heavy atom. The van der Waals surface area contributed by atoms with E-state index >= 15 is 0 Å². The van der Waals surface area contributed by atoms with Crippen molar-refractivity contribution >= 4 is 10.8 Å². The van der Waals surface area contributed by atoms with Gasteiger partial charge in [-0.25, -0.2) is 4.39 Å². The fraction of sp³-hybridized carbons (Fsp3) is 0.320. The lowest BCUT2D eigenvalue weighted by molar-refractivity contribution is 0.0439. The standard InChI is InChI=1S/C25H26FN3O2/c1-30-25-20(15-27)14-19-4-2-3-5-22(19)23(25)16-31-17-24(29-12-10-28-11-13-29)18-6-8-21(26)9-7-18/h2-9,14,24,28H,10-13,16-17H2,1H3. The number of hydrogen-bond donors (Lipinski definition) is 1. The van der Waals surface area contributed by atoms with Crippen molar-refractivity contribution in [3.8, 4) is 11.8 Å². The molecule has 0 bridgehead atoms. The van der Waals surface area contributed by atoms with Crippen LogP contribution in [0.15, 0.2) is 54.6 Å². The molecular formula is C25H26FN3O2. The van der Waals surface area contributed by atoms with Crippen LogP contribution in [0.4, 0.5) is 4.39 Å². The van der Waals surface area contributed by atoms with Gasteiger partial charge in [-0.3, -0.25) is 4.90 Å². The predicted octanol–water partition coefficient (Wildman–Crippen LogP) is 4.02. The number of fused-ring (bicyclic) bond motifs is 1. The van der Waals surface area contributed by atoms with Crippen LogP contribution in [0, 0.1) is 17.1 Å². The van der Waals surface area contributed by atoms with Crippen LogP contribution in [0.3, 0.4) is 0 Å². The number of methoxy groups -OCH3 is 1. The zero-order chi connectivity index (χ0) is 21.6. The van der Waals surface area contributed by atoms with Crippen LogP contribution >= 0.6 is 0 Å². The summed E-state index contributed by atoms with van der Waals surface area (Å²) in [5, 5.41) is 14.9. The number of nitrogens with zero attached hydrogens (tertiary/aromatic N) is 2. The third kappa shape index (κ3) is 4.70. The molecule has 3 aromatic carbocycles. The molecule has 1 saturated heterocycles. The summed E-state index contributed by atoms with van der Waals surface area (Å²) in [6.07, 6.45) is 0. The van der Waals surface area contributed by atoms with Crippen molar-refractivity contribution < 1.29 is 13.9 Å². The van der Waals surface area contributed by atoms with Crippen LogP contribution in [-0.4, -0.2) is 44.8 Å². The van der Waals surface area contributed by atoms with Gasteiger partial charge in [0.05, 0.1) is 31.9 Å². The van der Waals surface area contributed by atoms with Crippen molar-refractivity contribution in [3.05, 3.63) is 77.1 Å². The molecule has 5 nitrogen and oxygen atoms in total. The molecule has 1 heterocycles. The highest BCUT2D eigenvalue weighted by atomic mass is 19.1. The van der Waals surface area contributed by atoms with Gasteiger partial charge in [0.1, 0.15) is 17.6 Å². The monoisotopic (exact) mass is 419 g/mol. The molecule has 0 aliphatic carbocycles. The SMILES string of the molecule is COc1c(C#N)cc2ccccc2c1COCC(c1ccc(F)cc1)N1CCNCC1. The number of piperazine rings is 1. The Hall–Kier alpha value is -2.98. The van der Waals surface area contributed by atoms with E-state index in [9.17, 15) is 9.65 Å². The summed E-state index contributed by atoms with van der Waals surface area (Å²) in [4.78, 5) is 2.37. The summed E-state index contributed by atoms with van der Waals surface area (Å²) >= 11 is 0. The largest absolute Gasteiger partial charge is 0.495 e. The maximum atomic E-state index is 13.5. The molecule has 0 spiro atoms. The van der Waals surface area contributed by atoms with Crippen molar-refractivity contribution in [3.63, 3.8) is 0 Å². The first-order valence-corrected chi connectivity index (χ1v) is 10.5. The highest BCUT2D eigenvalue weighted by Gasteiger charge is 2.23. The number of halogens is 1. The second-order valence-electron chi connectivity index (χ2n) is 7.64. The third-order valence-electron chi connectivity index (χ3n) is 5.80. The zero-order valence-electron chi connectivity index (χ0n) is 17.6. The Morgan fingerprint density at radius 1 is 1.13 bits per heavy atom. The lowest BCUT2D eigenvalue weighted by Crippen LogP contribution is -2.46. The maximum absolute atomic E-state index is 13.5.